The van der Waals surface area contributed by atoms with E-state index in [4.69, 9.17) is 5.11 Å². The lowest BCUT2D eigenvalue weighted by molar-refractivity contribution is 0.0697. The van der Waals surface area contributed by atoms with Gasteiger partial charge in [0.05, 0.1) is 5.56 Å². The minimum atomic E-state index is -0.985. The van der Waals surface area contributed by atoms with Gasteiger partial charge in [0, 0.05) is 0 Å². The molecule has 0 unspecified atom stereocenters. The van der Waals surface area contributed by atoms with Crippen LogP contribution in [0.25, 0.3) is 11.1 Å². The van der Waals surface area contributed by atoms with E-state index in [2.05, 4.69) is 0 Å². The van der Waals surface area contributed by atoms with Gasteiger partial charge in [-0.25, -0.2) is 9.18 Å². The lowest BCUT2D eigenvalue weighted by atomic mass is 9.99. The van der Waals surface area contributed by atoms with Crippen LogP contribution in [0.4, 0.5) is 4.39 Å². The van der Waals surface area contributed by atoms with Gasteiger partial charge in [-0.3, -0.25) is 0 Å². The molecule has 0 spiro atoms. The summed E-state index contributed by atoms with van der Waals surface area (Å²) in [5, 5.41) is 8.91. The summed E-state index contributed by atoms with van der Waals surface area (Å²) in [7, 11) is 0. The molecule has 0 aliphatic carbocycles. The van der Waals surface area contributed by atoms with Crippen LogP contribution < -0.4 is 0 Å². The molecule has 0 saturated carbocycles. The Labute approximate surface area is 98.3 Å². The molecule has 0 bridgehead atoms. The van der Waals surface area contributed by atoms with Crippen molar-refractivity contribution in [1.82, 2.24) is 0 Å². The Kier molecular flexibility index (Phi) is 2.91. The van der Waals surface area contributed by atoms with Gasteiger partial charge in [-0.1, -0.05) is 18.2 Å². The van der Waals surface area contributed by atoms with Crippen LogP contribution in [-0.2, 0) is 0 Å². The Morgan fingerprint density at radius 1 is 1.18 bits per heavy atom. The minimum absolute atomic E-state index is 0.200. The predicted molar refractivity (Wildman–Crippen MR) is 63.5 cm³/mol. The third kappa shape index (κ3) is 2.33. The van der Waals surface area contributed by atoms with Crippen LogP contribution >= 0.6 is 0 Å². The smallest absolute Gasteiger partial charge is 0.335 e. The van der Waals surface area contributed by atoms with Crippen LogP contribution in [0.3, 0.4) is 0 Å². The maximum absolute atomic E-state index is 13.2. The molecule has 0 radical (unpaired) electrons. The average Bonchev–Trinajstić information content (AvgIpc) is 2.32. The molecule has 17 heavy (non-hydrogen) atoms. The number of aromatic carboxylic acids is 1. The molecule has 3 heteroatoms. The van der Waals surface area contributed by atoms with E-state index in [1.54, 1.807) is 24.3 Å². The van der Waals surface area contributed by atoms with E-state index in [9.17, 15) is 9.18 Å². The monoisotopic (exact) mass is 230 g/mol. The predicted octanol–water partition coefficient (Wildman–Crippen LogP) is 3.50. The summed E-state index contributed by atoms with van der Waals surface area (Å²) < 4.78 is 13.2. The van der Waals surface area contributed by atoms with Crippen molar-refractivity contribution in [2.24, 2.45) is 0 Å². The zero-order valence-electron chi connectivity index (χ0n) is 9.27. The zero-order chi connectivity index (χ0) is 12.4. The molecule has 0 saturated heterocycles. The van der Waals surface area contributed by atoms with E-state index in [-0.39, 0.29) is 11.4 Å². The maximum Gasteiger partial charge on any atom is 0.335 e. The largest absolute Gasteiger partial charge is 0.478 e. The second kappa shape index (κ2) is 4.37. The van der Waals surface area contributed by atoms with Crippen molar-refractivity contribution in [3.63, 3.8) is 0 Å². The fourth-order valence-electron chi connectivity index (χ4n) is 1.72. The Morgan fingerprint density at radius 3 is 2.65 bits per heavy atom. The van der Waals surface area contributed by atoms with Gasteiger partial charge < -0.3 is 5.11 Å². The molecule has 1 N–H and O–H groups in total. The molecule has 2 aromatic carbocycles. The summed E-state index contributed by atoms with van der Waals surface area (Å²) in [6.45, 7) is 1.86. The Morgan fingerprint density at radius 2 is 1.94 bits per heavy atom. The number of hydrogen-bond donors (Lipinski definition) is 1. The van der Waals surface area contributed by atoms with Crippen LogP contribution in [0.15, 0.2) is 42.5 Å². The normalized spacial score (nSPS) is 10.2. The first-order valence-electron chi connectivity index (χ1n) is 5.18. The van der Waals surface area contributed by atoms with E-state index >= 15 is 0 Å². The van der Waals surface area contributed by atoms with E-state index in [0.29, 0.717) is 11.1 Å². The number of carboxylic acid groups (broad SMARTS) is 1. The van der Waals surface area contributed by atoms with E-state index in [1.807, 2.05) is 6.92 Å². The number of hydrogen-bond acceptors (Lipinski definition) is 1. The molecule has 0 fully saturated rings. The van der Waals surface area contributed by atoms with Gasteiger partial charge >= 0.3 is 5.97 Å². The first-order valence-corrected chi connectivity index (χ1v) is 5.18. The summed E-state index contributed by atoms with van der Waals surface area (Å²) in [6, 6.07) is 11.0. The molecule has 0 atom stereocenters. The van der Waals surface area contributed by atoms with Gasteiger partial charge in [0.25, 0.3) is 0 Å². The van der Waals surface area contributed by atoms with Crippen LogP contribution in [-0.4, -0.2) is 11.1 Å². The number of benzene rings is 2. The van der Waals surface area contributed by atoms with Gasteiger partial charge in [0.1, 0.15) is 5.82 Å². The van der Waals surface area contributed by atoms with Gasteiger partial charge in [-0.15, -0.1) is 0 Å². The fourth-order valence-corrected chi connectivity index (χ4v) is 1.72. The molecule has 0 aromatic heterocycles. The zero-order valence-corrected chi connectivity index (χ0v) is 9.27. The number of aryl methyl sites for hydroxylation is 1. The van der Waals surface area contributed by atoms with Crippen molar-refractivity contribution in [3.05, 3.63) is 59.4 Å². The molecule has 0 heterocycles. The van der Waals surface area contributed by atoms with Crippen LogP contribution in [0.1, 0.15) is 15.9 Å². The molecule has 2 aromatic rings. The molecule has 0 aliphatic rings. The molecular weight excluding hydrogens is 219 g/mol. The number of halogens is 1. The lowest BCUT2D eigenvalue weighted by Gasteiger charge is -2.07. The highest BCUT2D eigenvalue weighted by molar-refractivity contribution is 5.89. The van der Waals surface area contributed by atoms with Gasteiger partial charge in [-0.2, -0.15) is 0 Å². The standard InChI is InChI=1S/C14H11FO2/c1-9-5-6-12(15)8-13(9)10-3-2-4-11(7-10)14(16)17/h2-8H,1H3,(H,16,17). The molecular formula is C14H11FO2. The highest BCUT2D eigenvalue weighted by atomic mass is 19.1. The summed E-state index contributed by atoms with van der Waals surface area (Å²) >= 11 is 0. The van der Waals surface area contributed by atoms with Gasteiger partial charge in [0.2, 0.25) is 0 Å². The van der Waals surface area contributed by atoms with Crippen molar-refractivity contribution in [2.45, 2.75) is 6.92 Å². The Balaban J connectivity index is 2.56. The topological polar surface area (TPSA) is 37.3 Å². The average molecular weight is 230 g/mol. The van der Waals surface area contributed by atoms with Gasteiger partial charge in [0.15, 0.2) is 0 Å². The summed E-state index contributed by atoms with van der Waals surface area (Å²) in [5.41, 5.74) is 2.54. The van der Waals surface area contributed by atoms with E-state index < -0.39 is 5.97 Å². The summed E-state index contributed by atoms with van der Waals surface area (Å²) in [4.78, 5) is 10.9. The van der Waals surface area contributed by atoms with E-state index in [1.165, 1.54) is 18.2 Å². The third-order valence-corrected chi connectivity index (χ3v) is 2.62. The minimum Gasteiger partial charge on any atom is -0.478 e. The molecule has 0 aliphatic heterocycles. The number of carboxylic acids is 1. The fraction of sp³-hybridized carbons (Fsp3) is 0.0714. The van der Waals surface area contributed by atoms with Crippen molar-refractivity contribution >= 4 is 5.97 Å². The van der Waals surface area contributed by atoms with Crippen molar-refractivity contribution in [2.75, 3.05) is 0 Å². The lowest BCUT2D eigenvalue weighted by Crippen LogP contribution is -1.96. The first-order chi connectivity index (χ1) is 8.08. The SMILES string of the molecule is Cc1ccc(F)cc1-c1cccc(C(=O)O)c1. The molecule has 2 rings (SSSR count). The van der Waals surface area contributed by atoms with Crippen molar-refractivity contribution in [1.29, 1.82) is 0 Å². The summed E-state index contributed by atoms with van der Waals surface area (Å²) in [6.07, 6.45) is 0. The molecule has 2 nitrogen and oxygen atoms in total. The quantitative estimate of drug-likeness (QED) is 0.857. The number of rotatable bonds is 2. The van der Waals surface area contributed by atoms with Crippen LogP contribution in [0.5, 0.6) is 0 Å². The van der Waals surface area contributed by atoms with Crippen LogP contribution in [0.2, 0.25) is 0 Å². The Bertz CT molecular complexity index is 576. The van der Waals surface area contributed by atoms with Gasteiger partial charge in [-0.05, 0) is 47.9 Å². The second-order valence-corrected chi connectivity index (χ2v) is 3.85. The first kappa shape index (κ1) is 11.3. The molecule has 86 valence electrons. The third-order valence-electron chi connectivity index (χ3n) is 2.62. The van der Waals surface area contributed by atoms with Crippen LogP contribution in [0, 0.1) is 12.7 Å². The Hall–Kier alpha value is -2.16. The summed E-state index contributed by atoms with van der Waals surface area (Å²) in [5.74, 6) is -1.31. The van der Waals surface area contributed by atoms with Crippen molar-refractivity contribution in [3.8, 4) is 11.1 Å². The highest BCUT2D eigenvalue weighted by Gasteiger charge is 2.07. The second-order valence-electron chi connectivity index (χ2n) is 3.85. The highest BCUT2D eigenvalue weighted by Crippen LogP contribution is 2.25. The molecule has 0 amide bonds. The maximum atomic E-state index is 13.2. The van der Waals surface area contributed by atoms with E-state index in [0.717, 1.165) is 5.56 Å². The number of carbonyl (C=O) groups is 1. The van der Waals surface area contributed by atoms with Crippen molar-refractivity contribution < 1.29 is 14.3 Å².